The van der Waals surface area contributed by atoms with Crippen LogP contribution in [0.3, 0.4) is 0 Å². The molecule has 1 fully saturated rings. The lowest BCUT2D eigenvalue weighted by atomic mass is 9.88. The summed E-state index contributed by atoms with van der Waals surface area (Å²) in [6.45, 7) is 1.30. The second-order valence-electron chi connectivity index (χ2n) is 7.78. The molecule has 1 saturated heterocycles. The minimum atomic E-state index is -3.70. The van der Waals surface area contributed by atoms with E-state index >= 15 is 0 Å². The third-order valence-corrected chi connectivity index (χ3v) is 7.84. The Morgan fingerprint density at radius 2 is 1.52 bits per heavy atom. The Labute approximate surface area is 199 Å². The Morgan fingerprint density at radius 3 is 2.09 bits per heavy atom. The summed E-state index contributed by atoms with van der Waals surface area (Å²) in [6, 6.07) is 24.0. The number of morpholine rings is 1. The van der Waals surface area contributed by atoms with Gasteiger partial charge in [-0.05, 0) is 29.3 Å². The third-order valence-electron chi connectivity index (χ3n) is 5.61. The Kier molecular flexibility index (Phi) is 7.45. The molecule has 172 valence electrons. The summed E-state index contributed by atoms with van der Waals surface area (Å²) in [5, 5.41) is 3.10. The molecule has 6 nitrogen and oxygen atoms in total. The highest BCUT2D eigenvalue weighted by molar-refractivity contribution is 7.89. The highest BCUT2D eigenvalue weighted by atomic mass is 35.5. The average molecular weight is 485 g/mol. The number of amides is 1. The van der Waals surface area contributed by atoms with E-state index in [1.54, 1.807) is 0 Å². The number of hydrogen-bond donors (Lipinski definition) is 1. The van der Waals surface area contributed by atoms with Gasteiger partial charge >= 0.3 is 0 Å². The van der Waals surface area contributed by atoms with Crippen LogP contribution in [0.5, 0.6) is 0 Å². The van der Waals surface area contributed by atoms with Gasteiger partial charge in [0.25, 0.3) is 0 Å². The third kappa shape index (κ3) is 5.62. The van der Waals surface area contributed by atoms with Crippen LogP contribution < -0.4 is 5.32 Å². The van der Waals surface area contributed by atoms with Crippen LogP contribution in [0.4, 0.5) is 5.69 Å². The molecule has 0 unspecified atom stereocenters. The maximum Gasteiger partial charge on any atom is 0.243 e. The Bertz CT molecular complexity index is 1160. The van der Waals surface area contributed by atoms with Crippen molar-refractivity contribution in [2.24, 2.45) is 0 Å². The van der Waals surface area contributed by atoms with E-state index in [0.29, 0.717) is 26.3 Å². The fourth-order valence-electron chi connectivity index (χ4n) is 3.88. The number of nitrogens with zero attached hydrogens (tertiary/aromatic N) is 1. The summed E-state index contributed by atoms with van der Waals surface area (Å²) in [5.41, 5.74) is 2.32. The first-order valence-electron chi connectivity index (χ1n) is 10.7. The average Bonchev–Trinajstić information content (AvgIpc) is 2.85. The lowest BCUT2D eigenvalue weighted by Crippen LogP contribution is -2.40. The van der Waals surface area contributed by atoms with E-state index in [0.717, 1.165) is 11.1 Å². The first-order valence-corrected chi connectivity index (χ1v) is 12.5. The van der Waals surface area contributed by atoms with Gasteiger partial charge in [-0.2, -0.15) is 4.31 Å². The predicted molar refractivity (Wildman–Crippen MR) is 129 cm³/mol. The van der Waals surface area contributed by atoms with Gasteiger partial charge in [0.15, 0.2) is 0 Å². The van der Waals surface area contributed by atoms with E-state index in [2.05, 4.69) is 5.32 Å². The second kappa shape index (κ2) is 10.5. The zero-order valence-corrected chi connectivity index (χ0v) is 19.6. The highest BCUT2D eigenvalue weighted by Gasteiger charge is 2.27. The lowest BCUT2D eigenvalue weighted by Gasteiger charge is -2.26. The molecule has 0 bridgehead atoms. The van der Waals surface area contributed by atoms with Gasteiger partial charge in [-0.1, -0.05) is 72.3 Å². The van der Waals surface area contributed by atoms with Crippen LogP contribution in [0.2, 0.25) is 5.02 Å². The quantitative estimate of drug-likeness (QED) is 0.535. The predicted octanol–water partition coefficient (Wildman–Crippen LogP) is 4.52. The standard InChI is InChI=1S/C25H25ClN2O4S/c26-23-12-11-21(33(30,31)28-13-15-32-16-14-28)17-24(23)27-25(29)18-22(19-7-3-1-4-8-19)20-9-5-2-6-10-20/h1-12,17,22H,13-16,18H2,(H,27,29). The molecule has 0 spiro atoms. The maximum atomic E-state index is 13.0. The lowest BCUT2D eigenvalue weighted by molar-refractivity contribution is -0.116. The summed E-state index contributed by atoms with van der Waals surface area (Å²) in [5.74, 6) is -0.401. The number of benzene rings is 3. The number of sulfonamides is 1. The molecule has 0 radical (unpaired) electrons. The molecule has 1 aliphatic heterocycles. The molecular weight excluding hydrogens is 460 g/mol. The Balaban J connectivity index is 1.55. The molecule has 0 atom stereocenters. The van der Waals surface area contributed by atoms with E-state index in [1.807, 2.05) is 60.7 Å². The van der Waals surface area contributed by atoms with Crippen LogP contribution in [0.15, 0.2) is 83.8 Å². The summed E-state index contributed by atoms with van der Waals surface area (Å²) < 4.78 is 32.6. The number of carbonyl (C=O) groups is 1. The van der Waals surface area contributed by atoms with Crippen molar-refractivity contribution >= 4 is 33.2 Å². The zero-order valence-electron chi connectivity index (χ0n) is 18.0. The second-order valence-corrected chi connectivity index (χ2v) is 10.1. The number of ether oxygens (including phenoxy) is 1. The molecule has 8 heteroatoms. The normalized spacial score (nSPS) is 14.8. The summed E-state index contributed by atoms with van der Waals surface area (Å²) in [6.07, 6.45) is 0.185. The van der Waals surface area contributed by atoms with Crippen LogP contribution in [0.1, 0.15) is 23.5 Å². The van der Waals surface area contributed by atoms with Gasteiger partial charge in [-0.3, -0.25) is 4.79 Å². The number of anilines is 1. The highest BCUT2D eigenvalue weighted by Crippen LogP contribution is 2.31. The molecule has 1 amide bonds. The van der Waals surface area contributed by atoms with Crippen LogP contribution in [0, 0.1) is 0 Å². The van der Waals surface area contributed by atoms with Crippen molar-refractivity contribution < 1.29 is 17.9 Å². The van der Waals surface area contributed by atoms with E-state index < -0.39 is 10.0 Å². The number of carbonyl (C=O) groups excluding carboxylic acids is 1. The van der Waals surface area contributed by atoms with Crippen LogP contribution in [-0.2, 0) is 19.6 Å². The van der Waals surface area contributed by atoms with Crippen molar-refractivity contribution in [1.29, 1.82) is 0 Å². The SMILES string of the molecule is O=C(CC(c1ccccc1)c1ccccc1)Nc1cc(S(=O)(=O)N2CCOCC2)ccc1Cl. The molecule has 0 saturated carbocycles. The van der Waals surface area contributed by atoms with Crippen molar-refractivity contribution in [3.05, 3.63) is 95.0 Å². The van der Waals surface area contributed by atoms with Crippen molar-refractivity contribution in [2.75, 3.05) is 31.6 Å². The number of hydrogen-bond acceptors (Lipinski definition) is 4. The Morgan fingerprint density at radius 1 is 0.939 bits per heavy atom. The minimum absolute atomic E-state index is 0.0896. The van der Waals surface area contributed by atoms with Gasteiger partial charge in [0.1, 0.15) is 0 Å². The van der Waals surface area contributed by atoms with E-state index in [-0.39, 0.29) is 33.9 Å². The summed E-state index contributed by atoms with van der Waals surface area (Å²) in [7, 11) is -3.70. The van der Waals surface area contributed by atoms with Crippen molar-refractivity contribution in [1.82, 2.24) is 4.31 Å². The molecule has 1 heterocycles. The molecule has 1 N–H and O–H groups in total. The fraction of sp³-hybridized carbons (Fsp3) is 0.240. The van der Waals surface area contributed by atoms with E-state index in [1.165, 1.54) is 22.5 Å². The first kappa shape index (κ1) is 23.4. The van der Waals surface area contributed by atoms with Crippen LogP contribution in [-0.4, -0.2) is 44.9 Å². The number of nitrogens with one attached hydrogen (secondary N) is 1. The molecule has 1 aliphatic rings. The molecule has 3 aromatic rings. The van der Waals surface area contributed by atoms with Gasteiger partial charge in [-0.25, -0.2) is 8.42 Å². The molecular formula is C25H25ClN2O4S. The topological polar surface area (TPSA) is 75.7 Å². The fourth-order valence-corrected chi connectivity index (χ4v) is 5.48. The summed E-state index contributed by atoms with van der Waals surface area (Å²) in [4.78, 5) is 13.1. The molecule has 0 aliphatic carbocycles. The van der Waals surface area contributed by atoms with Crippen molar-refractivity contribution in [3.63, 3.8) is 0 Å². The summed E-state index contributed by atoms with van der Waals surface area (Å²) >= 11 is 6.30. The maximum absolute atomic E-state index is 13.0. The van der Waals surface area contributed by atoms with Crippen molar-refractivity contribution in [2.45, 2.75) is 17.2 Å². The molecule has 33 heavy (non-hydrogen) atoms. The van der Waals surface area contributed by atoms with Gasteiger partial charge in [0, 0.05) is 25.4 Å². The smallest absolute Gasteiger partial charge is 0.243 e. The van der Waals surface area contributed by atoms with Gasteiger partial charge in [0.2, 0.25) is 15.9 Å². The molecule has 4 rings (SSSR count). The minimum Gasteiger partial charge on any atom is -0.379 e. The van der Waals surface area contributed by atoms with E-state index in [9.17, 15) is 13.2 Å². The van der Waals surface area contributed by atoms with Gasteiger partial charge < -0.3 is 10.1 Å². The van der Waals surface area contributed by atoms with Crippen LogP contribution >= 0.6 is 11.6 Å². The monoisotopic (exact) mass is 484 g/mol. The largest absolute Gasteiger partial charge is 0.379 e. The van der Waals surface area contributed by atoms with Crippen LogP contribution in [0.25, 0.3) is 0 Å². The first-order chi connectivity index (χ1) is 15.9. The number of halogens is 1. The van der Waals surface area contributed by atoms with Crippen molar-refractivity contribution in [3.8, 4) is 0 Å². The Hall–Kier alpha value is -2.71. The molecule has 0 aromatic heterocycles. The number of rotatable bonds is 7. The zero-order chi connectivity index (χ0) is 23.3. The van der Waals surface area contributed by atoms with Gasteiger partial charge in [-0.15, -0.1) is 0 Å². The molecule has 3 aromatic carbocycles. The van der Waals surface area contributed by atoms with E-state index in [4.69, 9.17) is 16.3 Å². The van der Waals surface area contributed by atoms with Gasteiger partial charge in [0.05, 0.1) is 28.8 Å².